The fourth-order valence-corrected chi connectivity index (χ4v) is 3.39. The first-order valence-corrected chi connectivity index (χ1v) is 6.97. The summed E-state index contributed by atoms with van der Waals surface area (Å²) in [5.41, 5.74) is 0.753. The lowest BCUT2D eigenvalue weighted by Gasteiger charge is -2.22. The monoisotopic (exact) mass is 281 g/mol. The van der Waals surface area contributed by atoms with Crippen LogP contribution in [0.5, 0.6) is 0 Å². The molecule has 5 nitrogen and oxygen atoms in total. The second-order valence-electron chi connectivity index (χ2n) is 5.21. The predicted molar refractivity (Wildman–Crippen MR) is 74.7 cm³/mol. The number of hydrogen-bond donors (Lipinski definition) is 1. The normalized spacial score (nSPS) is 26.4. The van der Waals surface area contributed by atoms with Crippen LogP contribution in [0.1, 0.15) is 19.3 Å². The molecule has 0 aromatic heterocycles. The van der Waals surface area contributed by atoms with Crippen molar-refractivity contribution in [2.24, 2.45) is 0 Å². The van der Waals surface area contributed by atoms with Crippen molar-refractivity contribution in [3.05, 3.63) is 33.3 Å². The van der Waals surface area contributed by atoms with Crippen molar-refractivity contribution in [1.82, 2.24) is 4.90 Å². The minimum atomic E-state index is -0.440. The van der Waals surface area contributed by atoms with E-state index in [-0.39, 0.29) is 10.7 Å². The molecule has 2 aliphatic heterocycles. The SMILES string of the molecule is O=[N+]([O-])c1cc(NC2CCN3CCCC23)ccc1Cl. The molecule has 0 aliphatic carbocycles. The zero-order valence-corrected chi connectivity index (χ0v) is 11.3. The van der Waals surface area contributed by atoms with Gasteiger partial charge in [0.2, 0.25) is 0 Å². The lowest BCUT2D eigenvalue weighted by atomic mass is 10.1. The van der Waals surface area contributed by atoms with Gasteiger partial charge in [0.25, 0.3) is 5.69 Å². The van der Waals surface area contributed by atoms with Crippen LogP contribution in [0.2, 0.25) is 5.02 Å². The molecule has 2 saturated heterocycles. The van der Waals surface area contributed by atoms with Crippen LogP contribution < -0.4 is 5.32 Å². The zero-order chi connectivity index (χ0) is 13.4. The Bertz CT molecular complexity index is 509. The number of halogens is 1. The first kappa shape index (κ1) is 12.7. The smallest absolute Gasteiger partial charge is 0.289 e. The molecule has 2 heterocycles. The Morgan fingerprint density at radius 1 is 1.37 bits per heavy atom. The van der Waals surface area contributed by atoms with Gasteiger partial charge in [-0.15, -0.1) is 0 Å². The van der Waals surface area contributed by atoms with E-state index in [4.69, 9.17) is 11.6 Å². The highest BCUT2D eigenvalue weighted by Crippen LogP contribution is 2.32. The quantitative estimate of drug-likeness (QED) is 0.684. The maximum absolute atomic E-state index is 10.9. The highest BCUT2D eigenvalue weighted by Gasteiger charge is 2.37. The molecule has 0 saturated carbocycles. The predicted octanol–water partition coefficient (Wildman–Crippen LogP) is 2.90. The van der Waals surface area contributed by atoms with Gasteiger partial charge in [-0.3, -0.25) is 15.0 Å². The molecule has 3 rings (SSSR count). The molecule has 1 aromatic rings. The second-order valence-corrected chi connectivity index (χ2v) is 5.62. The number of benzene rings is 1. The van der Waals surface area contributed by atoms with Crippen LogP contribution in [0.25, 0.3) is 0 Å². The molecule has 0 spiro atoms. The number of nitrogens with one attached hydrogen (secondary N) is 1. The van der Waals surface area contributed by atoms with Crippen molar-refractivity contribution in [2.75, 3.05) is 18.4 Å². The van der Waals surface area contributed by atoms with E-state index in [1.807, 2.05) is 6.07 Å². The van der Waals surface area contributed by atoms with Crippen LogP contribution in [-0.4, -0.2) is 35.0 Å². The summed E-state index contributed by atoms with van der Waals surface area (Å²) in [6, 6.07) is 5.90. The first-order chi connectivity index (χ1) is 9.15. The van der Waals surface area contributed by atoms with Gasteiger partial charge in [-0.2, -0.15) is 0 Å². The Balaban J connectivity index is 1.76. The summed E-state index contributed by atoms with van der Waals surface area (Å²) in [5.74, 6) is 0. The molecule has 0 bridgehead atoms. The number of nitro groups is 1. The van der Waals surface area contributed by atoms with E-state index in [0.717, 1.165) is 18.7 Å². The van der Waals surface area contributed by atoms with Crippen molar-refractivity contribution in [3.8, 4) is 0 Å². The molecule has 19 heavy (non-hydrogen) atoms. The lowest BCUT2D eigenvalue weighted by molar-refractivity contribution is -0.384. The van der Waals surface area contributed by atoms with Crippen molar-refractivity contribution in [2.45, 2.75) is 31.3 Å². The molecular weight excluding hydrogens is 266 g/mol. The largest absolute Gasteiger partial charge is 0.380 e. The van der Waals surface area contributed by atoms with Gasteiger partial charge in [-0.1, -0.05) is 11.6 Å². The van der Waals surface area contributed by atoms with Gasteiger partial charge in [0.15, 0.2) is 0 Å². The minimum absolute atomic E-state index is 0.0343. The van der Waals surface area contributed by atoms with Crippen LogP contribution in [0.4, 0.5) is 11.4 Å². The summed E-state index contributed by atoms with van der Waals surface area (Å²) in [7, 11) is 0. The fourth-order valence-electron chi connectivity index (χ4n) is 3.21. The molecular formula is C13H16ClN3O2. The highest BCUT2D eigenvalue weighted by molar-refractivity contribution is 6.32. The summed E-state index contributed by atoms with van der Waals surface area (Å²) in [6.45, 7) is 2.31. The van der Waals surface area contributed by atoms with E-state index in [2.05, 4.69) is 10.2 Å². The van der Waals surface area contributed by atoms with Crippen molar-refractivity contribution < 1.29 is 4.92 Å². The molecule has 1 aromatic carbocycles. The molecule has 0 amide bonds. The molecule has 0 radical (unpaired) electrons. The Kier molecular flexibility index (Phi) is 3.33. The third-order valence-corrected chi connectivity index (χ3v) is 4.42. The number of rotatable bonds is 3. The van der Waals surface area contributed by atoms with E-state index in [9.17, 15) is 10.1 Å². The van der Waals surface area contributed by atoms with Crippen LogP contribution in [0.15, 0.2) is 18.2 Å². The minimum Gasteiger partial charge on any atom is -0.380 e. The highest BCUT2D eigenvalue weighted by atomic mass is 35.5. The topological polar surface area (TPSA) is 58.4 Å². The molecule has 2 aliphatic rings. The summed E-state index contributed by atoms with van der Waals surface area (Å²) >= 11 is 5.82. The van der Waals surface area contributed by atoms with Gasteiger partial charge in [0.1, 0.15) is 5.02 Å². The van der Waals surface area contributed by atoms with Crippen LogP contribution in [0.3, 0.4) is 0 Å². The molecule has 2 atom stereocenters. The second kappa shape index (κ2) is 4.98. The van der Waals surface area contributed by atoms with Crippen molar-refractivity contribution in [1.29, 1.82) is 0 Å². The summed E-state index contributed by atoms with van der Waals surface area (Å²) in [6.07, 6.45) is 3.57. The number of anilines is 1. The Labute approximate surface area is 116 Å². The van der Waals surface area contributed by atoms with Gasteiger partial charge >= 0.3 is 0 Å². The van der Waals surface area contributed by atoms with E-state index in [1.165, 1.54) is 25.5 Å². The van der Waals surface area contributed by atoms with Crippen molar-refractivity contribution in [3.63, 3.8) is 0 Å². The maximum atomic E-state index is 10.9. The van der Waals surface area contributed by atoms with Crippen molar-refractivity contribution >= 4 is 23.0 Å². The first-order valence-electron chi connectivity index (χ1n) is 6.59. The molecule has 6 heteroatoms. The third kappa shape index (κ3) is 2.40. The van der Waals surface area contributed by atoms with Gasteiger partial charge in [0.05, 0.1) is 4.92 Å². The Morgan fingerprint density at radius 2 is 2.21 bits per heavy atom. The fraction of sp³-hybridized carbons (Fsp3) is 0.538. The lowest BCUT2D eigenvalue weighted by Crippen LogP contribution is -2.33. The van der Waals surface area contributed by atoms with E-state index in [1.54, 1.807) is 6.07 Å². The summed E-state index contributed by atoms with van der Waals surface area (Å²) in [5, 5.41) is 14.5. The van der Waals surface area contributed by atoms with E-state index >= 15 is 0 Å². The Morgan fingerprint density at radius 3 is 3.00 bits per heavy atom. The number of nitro benzene ring substituents is 1. The van der Waals surface area contributed by atoms with Gasteiger partial charge < -0.3 is 5.32 Å². The summed E-state index contributed by atoms with van der Waals surface area (Å²) in [4.78, 5) is 12.9. The summed E-state index contributed by atoms with van der Waals surface area (Å²) < 4.78 is 0. The van der Waals surface area contributed by atoms with Crippen LogP contribution in [0, 0.1) is 10.1 Å². The zero-order valence-electron chi connectivity index (χ0n) is 10.5. The number of hydrogen-bond acceptors (Lipinski definition) is 4. The Hall–Kier alpha value is -1.33. The standard InChI is InChI=1S/C13H16ClN3O2/c14-10-4-3-9(8-13(10)17(18)19)15-11-5-7-16-6-1-2-12(11)16/h3-4,8,11-12,15H,1-2,5-7H2. The third-order valence-electron chi connectivity index (χ3n) is 4.10. The molecule has 102 valence electrons. The number of nitrogens with zero attached hydrogens (tertiary/aromatic N) is 2. The van der Waals surface area contributed by atoms with Crippen LogP contribution >= 0.6 is 11.6 Å². The van der Waals surface area contributed by atoms with Gasteiger partial charge in [0, 0.05) is 30.4 Å². The average Bonchev–Trinajstić information content (AvgIpc) is 2.96. The van der Waals surface area contributed by atoms with E-state index in [0.29, 0.717) is 12.1 Å². The maximum Gasteiger partial charge on any atom is 0.289 e. The van der Waals surface area contributed by atoms with E-state index < -0.39 is 4.92 Å². The molecule has 2 unspecified atom stereocenters. The number of fused-ring (bicyclic) bond motifs is 1. The van der Waals surface area contributed by atoms with Gasteiger partial charge in [-0.05, 0) is 37.9 Å². The molecule has 2 fully saturated rings. The van der Waals surface area contributed by atoms with Gasteiger partial charge in [-0.25, -0.2) is 0 Å². The average molecular weight is 282 g/mol. The molecule has 1 N–H and O–H groups in total. The van der Waals surface area contributed by atoms with Crippen LogP contribution in [-0.2, 0) is 0 Å².